The van der Waals surface area contributed by atoms with Gasteiger partial charge in [0.05, 0.1) is 0 Å². The summed E-state index contributed by atoms with van der Waals surface area (Å²) in [5, 5.41) is 3.00. The zero-order chi connectivity index (χ0) is 10.4. The van der Waals surface area contributed by atoms with Crippen LogP contribution in [0, 0.1) is 5.41 Å². The molecule has 0 aromatic heterocycles. The topological polar surface area (TPSA) is 29.1 Å². The number of carbonyl (C=O) groups excluding carboxylic acids is 1. The lowest BCUT2D eigenvalue weighted by Gasteiger charge is -2.25. The van der Waals surface area contributed by atoms with Gasteiger partial charge in [-0.05, 0) is 32.1 Å². The lowest BCUT2D eigenvalue weighted by atomic mass is 9.80. The molecule has 1 rings (SSSR count). The molecule has 1 aliphatic heterocycles. The molecular formula is C12H21NO. The molecule has 2 heteroatoms. The van der Waals surface area contributed by atoms with Gasteiger partial charge in [-0.15, -0.1) is 6.58 Å². The Morgan fingerprint density at radius 1 is 1.57 bits per heavy atom. The minimum absolute atomic E-state index is 0.125. The summed E-state index contributed by atoms with van der Waals surface area (Å²) in [6.45, 7) is 6.65. The van der Waals surface area contributed by atoms with E-state index < -0.39 is 0 Å². The van der Waals surface area contributed by atoms with E-state index in [-0.39, 0.29) is 11.3 Å². The molecule has 1 heterocycles. The fraction of sp³-hybridized carbons (Fsp3) is 0.750. The molecule has 1 fully saturated rings. The molecule has 1 atom stereocenters. The Hall–Kier alpha value is -0.790. The Kier molecular flexibility index (Phi) is 4.18. The molecular weight excluding hydrogens is 174 g/mol. The van der Waals surface area contributed by atoms with E-state index in [2.05, 4.69) is 18.8 Å². The van der Waals surface area contributed by atoms with E-state index in [9.17, 15) is 4.79 Å². The molecule has 0 bridgehead atoms. The Balaban J connectivity index is 2.49. The van der Waals surface area contributed by atoms with Crippen LogP contribution in [0.4, 0.5) is 0 Å². The highest BCUT2D eigenvalue weighted by atomic mass is 16.2. The molecule has 1 saturated heterocycles. The molecule has 14 heavy (non-hydrogen) atoms. The van der Waals surface area contributed by atoms with Gasteiger partial charge in [0.15, 0.2) is 0 Å². The third-order valence-corrected chi connectivity index (χ3v) is 3.13. The quantitative estimate of drug-likeness (QED) is 0.542. The Bertz CT molecular complexity index is 212. The van der Waals surface area contributed by atoms with Crippen LogP contribution in [0.5, 0.6) is 0 Å². The Morgan fingerprint density at radius 3 is 3.07 bits per heavy atom. The van der Waals surface area contributed by atoms with Gasteiger partial charge in [-0.3, -0.25) is 4.79 Å². The van der Waals surface area contributed by atoms with Crippen LogP contribution >= 0.6 is 0 Å². The summed E-state index contributed by atoms with van der Waals surface area (Å²) in [6.07, 6.45) is 8.35. The van der Waals surface area contributed by atoms with Crippen LogP contribution in [-0.4, -0.2) is 12.5 Å². The zero-order valence-electron chi connectivity index (χ0n) is 9.14. The molecule has 1 aliphatic rings. The Morgan fingerprint density at radius 2 is 2.36 bits per heavy atom. The van der Waals surface area contributed by atoms with Crippen molar-refractivity contribution < 1.29 is 4.79 Å². The highest BCUT2D eigenvalue weighted by Crippen LogP contribution is 2.32. The second kappa shape index (κ2) is 5.18. The maximum atomic E-state index is 11.8. The van der Waals surface area contributed by atoms with Gasteiger partial charge in [0.25, 0.3) is 0 Å². The fourth-order valence-electron chi connectivity index (χ4n) is 2.04. The number of rotatable bonds is 4. The second-order valence-corrected chi connectivity index (χ2v) is 4.45. The summed E-state index contributed by atoms with van der Waals surface area (Å²) in [5.74, 6) is 0.249. The van der Waals surface area contributed by atoms with Crippen LogP contribution in [0.2, 0.25) is 0 Å². The van der Waals surface area contributed by atoms with E-state index in [1.54, 1.807) is 0 Å². The number of hydrogen-bond acceptors (Lipinski definition) is 1. The number of amides is 1. The van der Waals surface area contributed by atoms with Gasteiger partial charge in [0.2, 0.25) is 5.91 Å². The largest absolute Gasteiger partial charge is 0.356 e. The average molecular weight is 195 g/mol. The van der Waals surface area contributed by atoms with Crippen molar-refractivity contribution in [1.82, 2.24) is 5.32 Å². The molecule has 2 nitrogen and oxygen atoms in total. The maximum Gasteiger partial charge on any atom is 0.225 e. The van der Waals surface area contributed by atoms with Gasteiger partial charge in [-0.2, -0.15) is 0 Å². The van der Waals surface area contributed by atoms with E-state index in [1.807, 2.05) is 6.08 Å². The SMILES string of the molecule is C=CCCCC1(C)CCCCNC1=O. The number of carbonyl (C=O) groups is 1. The normalized spacial score (nSPS) is 27.9. The number of unbranched alkanes of at least 4 members (excludes halogenated alkanes) is 1. The molecule has 0 radical (unpaired) electrons. The van der Waals surface area contributed by atoms with Crippen LogP contribution < -0.4 is 5.32 Å². The van der Waals surface area contributed by atoms with Gasteiger partial charge < -0.3 is 5.32 Å². The number of hydrogen-bond donors (Lipinski definition) is 1. The lowest BCUT2D eigenvalue weighted by Crippen LogP contribution is -2.37. The van der Waals surface area contributed by atoms with Crippen LogP contribution in [0.3, 0.4) is 0 Å². The highest BCUT2D eigenvalue weighted by Gasteiger charge is 2.33. The molecule has 0 saturated carbocycles. The van der Waals surface area contributed by atoms with E-state index >= 15 is 0 Å². The standard InChI is InChI=1S/C12H21NO/c1-3-4-5-8-12(2)9-6-7-10-13-11(12)14/h3H,1,4-10H2,2H3,(H,13,14). The van der Waals surface area contributed by atoms with E-state index in [0.29, 0.717) is 0 Å². The third-order valence-electron chi connectivity index (χ3n) is 3.13. The van der Waals surface area contributed by atoms with Crippen molar-refractivity contribution in [3.05, 3.63) is 12.7 Å². The number of allylic oxidation sites excluding steroid dienone is 1. The first-order chi connectivity index (χ1) is 6.69. The van der Waals surface area contributed by atoms with Gasteiger partial charge in [0.1, 0.15) is 0 Å². The smallest absolute Gasteiger partial charge is 0.225 e. The molecule has 1 amide bonds. The van der Waals surface area contributed by atoms with Gasteiger partial charge in [-0.1, -0.05) is 19.4 Å². The molecule has 0 aromatic carbocycles. The molecule has 0 aromatic rings. The average Bonchev–Trinajstić information content (AvgIpc) is 2.31. The number of nitrogens with one attached hydrogen (secondary N) is 1. The van der Waals surface area contributed by atoms with Gasteiger partial charge in [-0.25, -0.2) is 0 Å². The van der Waals surface area contributed by atoms with Crippen molar-refractivity contribution >= 4 is 5.91 Å². The van der Waals surface area contributed by atoms with Crippen molar-refractivity contribution in [2.24, 2.45) is 5.41 Å². The molecule has 80 valence electrons. The predicted octanol–water partition coefficient (Wildman–Crippen LogP) is 2.65. The summed E-state index contributed by atoms with van der Waals surface area (Å²) in [7, 11) is 0. The first-order valence-corrected chi connectivity index (χ1v) is 5.58. The second-order valence-electron chi connectivity index (χ2n) is 4.45. The molecule has 0 spiro atoms. The summed E-state index contributed by atoms with van der Waals surface area (Å²) in [4.78, 5) is 11.8. The summed E-state index contributed by atoms with van der Waals surface area (Å²) in [6, 6.07) is 0. The van der Waals surface area contributed by atoms with Crippen molar-refractivity contribution in [3.8, 4) is 0 Å². The molecule has 0 aliphatic carbocycles. The molecule has 1 N–H and O–H groups in total. The van der Waals surface area contributed by atoms with Crippen LogP contribution in [-0.2, 0) is 4.79 Å². The third kappa shape index (κ3) is 2.86. The first kappa shape index (κ1) is 11.3. The van der Waals surface area contributed by atoms with Gasteiger partial charge in [0, 0.05) is 12.0 Å². The molecule has 1 unspecified atom stereocenters. The van der Waals surface area contributed by atoms with E-state index in [1.165, 1.54) is 6.42 Å². The van der Waals surface area contributed by atoms with Gasteiger partial charge >= 0.3 is 0 Å². The van der Waals surface area contributed by atoms with Crippen molar-refractivity contribution in [1.29, 1.82) is 0 Å². The van der Waals surface area contributed by atoms with E-state index in [4.69, 9.17) is 0 Å². The monoisotopic (exact) mass is 195 g/mol. The van der Waals surface area contributed by atoms with Crippen molar-refractivity contribution in [2.75, 3.05) is 6.54 Å². The maximum absolute atomic E-state index is 11.8. The minimum Gasteiger partial charge on any atom is -0.356 e. The van der Waals surface area contributed by atoms with E-state index in [0.717, 1.165) is 38.6 Å². The van der Waals surface area contributed by atoms with Crippen molar-refractivity contribution in [3.63, 3.8) is 0 Å². The minimum atomic E-state index is -0.125. The predicted molar refractivity (Wildman–Crippen MR) is 59.0 cm³/mol. The summed E-state index contributed by atoms with van der Waals surface area (Å²) in [5.41, 5.74) is -0.125. The first-order valence-electron chi connectivity index (χ1n) is 5.58. The zero-order valence-corrected chi connectivity index (χ0v) is 9.14. The van der Waals surface area contributed by atoms with Crippen LogP contribution in [0.1, 0.15) is 45.4 Å². The highest BCUT2D eigenvalue weighted by molar-refractivity contribution is 5.82. The van der Waals surface area contributed by atoms with Crippen LogP contribution in [0.15, 0.2) is 12.7 Å². The fourth-order valence-corrected chi connectivity index (χ4v) is 2.04. The van der Waals surface area contributed by atoms with Crippen LogP contribution in [0.25, 0.3) is 0 Å². The van der Waals surface area contributed by atoms with Crippen molar-refractivity contribution in [2.45, 2.75) is 45.4 Å². The summed E-state index contributed by atoms with van der Waals surface area (Å²) >= 11 is 0. The lowest BCUT2D eigenvalue weighted by molar-refractivity contribution is -0.130. The Labute approximate surface area is 86.8 Å². The summed E-state index contributed by atoms with van der Waals surface area (Å²) < 4.78 is 0.